The summed E-state index contributed by atoms with van der Waals surface area (Å²) in [5.74, 6) is 1.90. The maximum absolute atomic E-state index is 12.1. The average molecular weight is 253 g/mol. The van der Waals surface area contributed by atoms with Gasteiger partial charge in [0.25, 0.3) is 0 Å². The number of aryl methyl sites for hydroxylation is 1. The van der Waals surface area contributed by atoms with Gasteiger partial charge in [0.05, 0.1) is 6.04 Å². The number of hydrogen-bond donors (Lipinski definition) is 0. The zero-order valence-electron chi connectivity index (χ0n) is 11.5. The van der Waals surface area contributed by atoms with Crippen LogP contribution in [0.15, 0.2) is 30.4 Å². The Kier molecular flexibility index (Phi) is 2.21. The van der Waals surface area contributed by atoms with E-state index in [-0.39, 0.29) is 5.91 Å². The van der Waals surface area contributed by atoms with E-state index in [1.165, 1.54) is 24.0 Å². The third kappa shape index (κ3) is 1.40. The maximum Gasteiger partial charge on any atom is 0.224 e. The molecular weight excluding hydrogens is 234 g/mol. The van der Waals surface area contributed by atoms with E-state index in [0.717, 1.165) is 5.69 Å². The summed E-state index contributed by atoms with van der Waals surface area (Å²) in [6.45, 7) is 3.85. The molecule has 4 atom stereocenters. The highest BCUT2D eigenvalue weighted by molar-refractivity contribution is 5.95. The molecule has 0 aromatic heterocycles. The Balaban J connectivity index is 1.92. The molecule has 0 unspecified atom stereocenters. The molecule has 5 rings (SSSR count). The molecule has 2 heteroatoms. The molecule has 1 aromatic rings. The summed E-state index contributed by atoms with van der Waals surface area (Å²) < 4.78 is 0. The predicted molar refractivity (Wildman–Crippen MR) is 76.2 cm³/mol. The van der Waals surface area contributed by atoms with Crippen LogP contribution in [0.2, 0.25) is 0 Å². The molecule has 4 aliphatic rings. The second kappa shape index (κ2) is 3.72. The predicted octanol–water partition coefficient (Wildman–Crippen LogP) is 3.41. The van der Waals surface area contributed by atoms with Crippen molar-refractivity contribution in [3.63, 3.8) is 0 Å². The molecule has 1 aliphatic heterocycles. The van der Waals surface area contributed by atoms with Crippen LogP contribution >= 0.6 is 0 Å². The number of anilines is 1. The standard InChI is InChI=1S/C17H19NO/c1-10-3-8-15-14(9-10)16-12-4-6-13(7-5-12)17(16)18(15)11(2)19/h3-4,6,8-9,12-13,16-17H,5,7H2,1-2H3/t12-,13+,16-,17-/m1/s1. The number of hydrogen-bond acceptors (Lipinski definition) is 1. The number of amides is 1. The van der Waals surface area contributed by atoms with Crippen molar-refractivity contribution in [2.24, 2.45) is 11.8 Å². The van der Waals surface area contributed by atoms with Crippen molar-refractivity contribution in [1.29, 1.82) is 0 Å². The number of fused-ring (bicyclic) bond motifs is 2. The van der Waals surface area contributed by atoms with Crippen molar-refractivity contribution in [1.82, 2.24) is 0 Å². The van der Waals surface area contributed by atoms with Crippen LogP contribution in [0.4, 0.5) is 5.69 Å². The fourth-order valence-electron chi connectivity index (χ4n) is 4.43. The van der Waals surface area contributed by atoms with Gasteiger partial charge in [-0.1, -0.05) is 29.8 Å². The zero-order chi connectivity index (χ0) is 13.1. The van der Waals surface area contributed by atoms with Crippen molar-refractivity contribution in [3.8, 4) is 0 Å². The third-order valence-electron chi connectivity index (χ3n) is 5.15. The highest BCUT2D eigenvalue weighted by Crippen LogP contribution is 2.55. The molecular formula is C17H19NO. The van der Waals surface area contributed by atoms with Crippen molar-refractivity contribution in [2.75, 3.05) is 4.90 Å². The minimum Gasteiger partial charge on any atom is -0.308 e. The van der Waals surface area contributed by atoms with E-state index in [1.807, 2.05) is 0 Å². The van der Waals surface area contributed by atoms with E-state index in [0.29, 0.717) is 23.8 Å². The van der Waals surface area contributed by atoms with E-state index in [9.17, 15) is 4.79 Å². The van der Waals surface area contributed by atoms with E-state index in [4.69, 9.17) is 0 Å². The molecule has 1 heterocycles. The fraction of sp³-hybridized carbons (Fsp3) is 0.471. The van der Waals surface area contributed by atoms with Crippen molar-refractivity contribution < 1.29 is 4.79 Å². The fourth-order valence-corrected chi connectivity index (χ4v) is 4.43. The smallest absolute Gasteiger partial charge is 0.224 e. The molecule has 1 amide bonds. The summed E-state index contributed by atoms with van der Waals surface area (Å²) in [5.41, 5.74) is 3.86. The number of carbonyl (C=O) groups is 1. The zero-order valence-corrected chi connectivity index (χ0v) is 11.5. The summed E-state index contributed by atoms with van der Waals surface area (Å²) >= 11 is 0. The van der Waals surface area contributed by atoms with Gasteiger partial charge in [0.2, 0.25) is 5.91 Å². The normalized spacial score (nSPS) is 34.3. The minimum absolute atomic E-state index is 0.193. The number of allylic oxidation sites excluding steroid dienone is 1. The SMILES string of the molecule is CC(=O)N1c2ccc(C)cc2[C@@H]2[C@H]1[C@H]1C=C[C@@H]2CC1. The van der Waals surface area contributed by atoms with Crippen LogP contribution in [0.1, 0.15) is 36.8 Å². The lowest BCUT2D eigenvalue weighted by atomic mass is 9.65. The van der Waals surface area contributed by atoms with Gasteiger partial charge in [-0.3, -0.25) is 4.79 Å². The summed E-state index contributed by atoms with van der Waals surface area (Å²) in [4.78, 5) is 14.2. The number of nitrogens with zero attached hydrogens (tertiary/aromatic N) is 1. The summed E-state index contributed by atoms with van der Waals surface area (Å²) in [6.07, 6.45) is 7.26. The number of rotatable bonds is 0. The van der Waals surface area contributed by atoms with Crippen LogP contribution in [-0.2, 0) is 4.79 Å². The minimum atomic E-state index is 0.193. The molecule has 2 bridgehead atoms. The van der Waals surface area contributed by atoms with Gasteiger partial charge in [-0.2, -0.15) is 0 Å². The average Bonchev–Trinajstić information content (AvgIpc) is 2.76. The van der Waals surface area contributed by atoms with Crippen LogP contribution in [0.5, 0.6) is 0 Å². The molecule has 1 aromatic carbocycles. The highest BCUT2D eigenvalue weighted by atomic mass is 16.2. The van der Waals surface area contributed by atoms with Crippen LogP contribution in [-0.4, -0.2) is 11.9 Å². The Bertz CT molecular complexity index is 589. The molecule has 3 aliphatic carbocycles. The van der Waals surface area contributed by atoms with Gasteiger partial charge >= 0.3 is 0 Å². The molecule has 1 fully saturated rings. The molecule has 98 valence electrons. The van der Waals surface area contributed by atoms with E-state index >= 15 is 0 Å². The van der Waals surface area contributed by atoms with Crippen molar-refractivity contribution >= 4 is 11.6 Å². The summed E-state index contributed by atoms with van der Waals surface area (Å²) in [7, 11) is 0. The molecule has 0 spiro atoms. The number of carbonyl (C=O) groups excluding carboxylic acids is 1. The molecule has 0 radical (unpaired) electrons. The van der Waals surface area contributed by atoms with Gasteiger partial charge in [0.1, 0.15) is 0 Å². The van der Waals surface area contributed by atoms with Crippen LogP contribution in [0.25, 0.3) is 0 Å². The Labute approximate surface area is 114 Å². The first kappa shape index (κ1) is 11.3. The molecule has 1 saturated carbocycles. The lowest BCUT2D eigenvalue weighted by Gasteiger charge is -2.44. The van der Waals surface area contributed by atoms with Crippen LogP contribution in [0.3, 0.4) is 0 Å². The van der Waals surface area contributed by atoms with Crippen molar-refractivity contribution in [3.05, 3.63) is 41.5 Å². The van der Waals surface area contributed by atoms with E-state index in [2.05, 4.69) is 42.2 Å². The largest absolute Gasteiger partial charge is 0.308 e. The van der Waals surface area contributed by atoms with E-state index in [1.54, 1.807) is 6.92 Å². The van der Waals surface area contributed by atoms with Gasteiger partial charge in [-0.25, -0.2) is 0 Å². The second-order valence-corrected chi connectivity index (χ2v) is 6.26. The maximum atomic E-state index is 12.1. The number of benzene rings is 1. The quantitative estimate of drug-likeness (QED) is 0.649. The van der Waals surface area contributed by atoms with Gasteiger partial charge in [-0.15, -0.1) is 0 Å². The Morgan fingerprint density at radius 1 is 1.21 bits per heavy atom. The molecule has 2 nitrogen and oxygen atoms in total. The summed E-state index contributed by atoms with van der Waals surface area (Å²) in [5, 5.41) is 0. The van der Waals surface area contributed by atoms with Gasteiger partial charge < -0.3 is 4.90 Å². The topological polar surface area (TPSA) is 20.3 Å². The third-order valence-corrected chi connectivity index (χ3v) is 5.15. The Morgan fingerprint density at radius 2 is 1.95 bits per heavy atom. The van der Waals surface area contributed by atoms with Crippen molar-refractivity contribution in [2.45, 2.75) is 38.6 Å². The first-order valence-electron chi connectivity index (χ1n) is 7.25. The molecule has 0 saturated heterocycles. The van der Waals surface area contributed by atoms with Gasteiger partial charge in [0, 0.05) is 18.5 Å². The first-order valence-corrected chi connectivity index (χ1v) is 7.25. The van der Waals surface area contributed by atoms with Gasteiger partial charge in [-0.05, 0) is 43.2 Å². The Morgan fingerprint density at radius 3 is 2.63 bits per heavy atom. The monoisotopic (exact) mass is 253 g/mol. The van der Waals surface area contributed by atoms with Crippen LogP contribution in [0, 0.1) is 18.8 Å². The highest BCUT2D eigenvalue weighted by Gasteiger charge is 2.50. The van der Waals surface area contributed by atoms with Gasteiger partial charge in [0.15, 0.2) is 0 Å². The molecule has 19 heavy (non-hydrogen) atoms. The van der Waals surface area contributed by atoms with E-state index < -0.39 is 0 Å². The first-order chi connectivity index (χ1) is 9.16. The second-order valence-electron chi connectivity index (χ2n) is 6.26. The van der Waals surface area contributed by atoms with Crippen LogP contribution < -0.4 is 4.90 Å². The lowest BCUT2D eigenvalue weighted by Crippen LogP contribution is -2.48. The Hall–Kier alpha value is -1.57. The summed E-state index contributed by atoms with van der Waals surface area (Å²) in [6, 6.07) is 6.94. The lowest BCUT2D eigenvalue weighted by molar-refractivity contribution is -0.117. The molecule has 0 N–H and O–H groups in total.